The fraction of sp³-hybridized carbons (Fsp3) is 0.409. The van der Waals surface area contributed by atoms with Crippen LogP contribution < -0.4 is 4.74 Å². The van der Waals surface area contributed by atoms with Crippen molar-refractivity contribution in [2.75, 3.05) is 24.7 Å². The molecule has 1 heterocycles. The molecule has 3 nitrogen and oxygen atoms in total. The van der Waals surface area contributed by atoms with Gasteiger partial charge in [0, 0.05) is 5.56 Å². The molecule has 0 saturated carbocycles. The standard InChI is InChI=1S/C22H28O3S/c1-22(2,3)21(26-15-13-24-14-16-26)20(23)17-9-11-19(12-10-17)25-18-7-5-4-6-8-18/h4-12,21,26H,13-16H2,1-3H3. The third kappa shape index (κ3) is 4.68. The zero-order chi connectivity index (χ0) is 18.6. The van der Waals surface area contributed by atoms with Gasteiger partial charge in [0.1, 0.15) is 11.5 Å². The first kappa shape index (κ1) is 19.0. The van der Waals surface area contributed by atoms with E-state index in [2.05, 4.69) is 20.8 Å². The number of Topliss-reactive ketones (excluding diaryl/α,β-unsaturated/α-hetero) is 1. The number of carbonyl (C=O) groups excluding carboxylic acids is 1. The van der Waals surface area contributed by atoms with Gasteiger partial charge in [-0.1, -0.05) is 39.0 Å². The van der Waals surface area contributed by atoms with Crippen molar-refractivity contribution in [1.82, 2.24) is 0 Å². The van der Waals surface area contributed by atoms with Gasteiger partial charge in [-0.05, 0) is 53.3 Å². The van der Waals surface area contributed by atoms with Crippen molar-refractivity contribution < 1.29 is 14.3 Å². The topological polar surface area (TPSA) is 35.5 Å². The largest absolute Gasteiger partial charge is 0.457 e. The Labute approximate surface area is 159 Å². The monoisotopic (exact) mass is 372 g/mol. The number of benzene rings is 2. The quantitative estimate of drug-likeness (QED) is 0.585. The summed E-state index contributed by atoms with van der Waals surface area (Å²) in [6.07, 6.45) is 0. The van der Waals surface area contributed by atoms with Crippen LogP contribution in [-0.4, -0.2) is 35.8 Å². The van der Waals surface area contributed by atoms with Gasteiger partial charge in [0.2, 0.25) is 0 Å². The molecule has 0 aromatic heterocycles. The Morgan fingerprint density at radius 2 is 1.54 bits per heavy atom. The molecule has 1 atom stereocenters. The van der Waals surface area contributed by atoms with Crippen molar-refractivity contribution in [1.29, 1.82) is 0 Å². The highest BCUT2D eigenvalue weighted by molar-refractivity contribution is 8.18. The summed E-state index contributed by atoms with van der Waals surface area (Å²) in [5, 5.41) is 0.0716. The van der Waals surface area contributed by atoms with Crippen LogP contribution in [0.1, 0.15) is 31.1 Å². The van der Waals surface area contributed by atoms with Gasteiger partial charge < -0.3 is 9.47 Å². The Kier molecular flexibility index (Phi) is 6.05. The Morgan fingerprint density at radius 1 is 0.962 bits per heavy atom. The number of ketones is 1. The lowest BCUT2D eigenvalue weighted by Crippen LogP contribution is -2.38. The minimum absolute atomic E-state index is 0.0423. The highest BCUT2D eigenvalue weighted by Gasteiger charge is 2.37. The third-order valence-electron chi connectivity index (χ3n) is 4.60. The molecule has 1 fully saturated rings. The Balaban J connectivity index is 1.76. The van der Waals surface area contributed by atoms with Crippen LogP contribution in [0.3, 0.4) is 0 Å². The van der Waals surface area contributed by atoms with E-state index in [-0.39, 0.29) is 27.3 Å². The maximum atomic E-state index is 13.3. The molecular formula is C22H28O3S. The second kappa shape index (κ2) is 8.28. The molecule has 2 aromatic rings. The van der Waals surface area contributed by atoms with Crippen molar-refractivity contribution in [3.05, 3.63) is 60.2 Å². The number of hydrogen-bond donors (Lipinski definition) is 1. The maximum Gasteiger partial charge on any atom is 0.174 e. The molecule has 4 heteroatoms. The van der Waals surface area contributed by atoms with Gasteiger partial charge in [0.15, 0.2) is 5.78 Å². The second-order valence-corrected chi connectivity index (χ2v) is 10.3. The molecule has 1 aliphatic rings. The summed E-state index contributed by atoms with van der Waals surface area (Å²) < 4.78 is 11.3. The van der Waals surface area contributed by atoms with Gasteiger partial charge in [-0.3, -0.25) is 4.79 Å². The van der Waals surface area contributed by atoms with Crippen molar-refractivity contribution in [2.45, 2.75) is 26.0 Å². The molecule has 1 unspecified atom stereocenters. The number of rotatable bonds is 5. The van der Waals surface area contributed by atoms with Crippen molar-refractivity contribution in [3.8, 4) is 11.5 Å². The zero-order valence-electron chi connectivity index (χ0n) is 15.8. The molecule has 1 saturated heterocycles. The first-order valence-corrected chi connectivity index (χ1v) is 10.9. The van der Waals surface area contributed by atoms with Crippen LogP contribution >= 0.6 is 10.9 Å². The lowest BCUT2D eigenvalue weighted by molar-refractivity contribution is 0.0947. The summed E-state index contributed by atoms with van der Waals surface area (Å²) in [4.78, 5) is 13.3. The molecular weight excluding hydrogens is 344 g/mol. The second-order valence-electron chi connectivity index (χ2n) is 7.72. The summed E-state index contributed by atoms with van der Waals surface area (Å²) in [6, 6.07) is 17.2. The molecule has 3 rings (SSSR count). The average molecular weight is 373 g/mol. The van der Waals surface area contributed by atoms with E-state index in [1.807, 2.05) is 54.6 Å². The fourth-order valence-electron chi connectivity index (χ4n) is 3.41. The highest BCUT2D eigenvalue weighted by atomic mass is 32.2. The van der Waals surface area contributed by atoms with Crippen molar-refractivity contribution in [2.24, 2.45) is 5.41 Å². The minimum Gasteiger partial charge on any atom is -0.457 e. The first-order chi connectivity index (χ1) is 12.4. The van der Waals surface area contributed by atoms with E-state index < -0.39 is 0 Å². The number of carbonyl (C=O) groups is 1. The molecule has 2 aromatic carbocycles. The summed E-state index contributed by atoms with van der Waals surface area (Å²) in [5.74, 6) is 3.86. The predicted octanol–water partition coefficient (Wildman–Crippen LogP) is 5.11. The van der Waals surface area contributed by atoms with Gasteiger partial charge in [0.05, 0.1) is 18.5 Å². The number of thiol groups is 1. The smallest absolute Gasteiger partial charge is 0.174 e. The van der Waals surface area contributed by atoms with E-state index in [0.717, 1.165) is 41.8 Å². The van der Waals surface area contributed by atoms with Gasteiger partial charge in [-0.15, -0.1) is 0 Å². The SMILES string of the molecule is CC(C)(C)C(C(=O)c1ccc(Oc2ccccc2)cc1)[SH]1CCOCC1. The van der Waals surface area contributed by atoms with E-state index in [4.69, 9.17) is 9.47 Å². The number of hydrogen-bond acceptors (Lipinski definition) is 3. The summed E-state index contributed by atoms with van der Waals surface area (Å²) in [5.41, 5.74) is 0.735. The van der Waals surface area contributed by atoms with Crippen LogP contribution in [0.2, 0.25) is 0 Å². The van der Waals surface area contributed by atoms with Gasteiger partial charge in [-0.2, -0.15) is 0 Å². The fourth-order valence-corrected chi connectivity index (χ4v) is 6.46. The first-order valence-electron chi connectivity index (χ1n) is 9.14. The van der Waals surface area contributed by atoms with Crippen molar-refractivity contribution >= 4 is 16.7 Å². The number of ether oxygens (including phenoxy) is 2. The third-order valence-corrected chi connectivity index (χ3v) is 7.85. The molecule has 0 aliphatic carbocycles. The molecule has 0 bridgehead atoms. The lowest BCUT2D eigenvalue weighted by atomic mass is 9.87. The van der Waals surface area contributed by atoms with Crippen LogP contribution in [0, 0.1) is 5.41 Å². The average Bonchev–Trinajstić information content (AvgIpc) is 2.63. The van der Waals surface area contributed by atoms with Crippen LogP contribution in [-0.2, 0) is 4.74 Å². The molecule has 0 spiro atoms. The highest BCUT2D eigenvalue weighted by Crippen LogP contribution is 2.44. The summed E-state index contributed by atoms with van der Waals surface area (Å²) in [7, 11) is -0.339. The maximum absolute atomic E-state index is 13.3. The Hall–Kier alpha value is -1.78. The number of para-hydroxylation sites is 1. The molecule has 140 valence electrons. The normalized spacial score (nSPS) is 17.6. The van der Waals surface area contributed by atoms with Crippen LogP contribution in [0.15, 0.2) is 54.6 Å². The molecule has 0 amide bonds. The minimum atomic E-state index is -0.339. The zero-order valence-corrected chi connectivity index (χ0v) is 16.7. The van der Waals surface area contributed by atoms with E-state index >= 15 is 0 Å². The predicted molar refractivity (Wildman–Crippen MR) is 110 cm³/mol. The van der Waals surface area contributed by atoms with Crippen LogP contribution in [0.4, 0.5) is 0 Å². The van der Waals surface area contributed by atoms with E-state index in [0.29, 0.717) is 0 Å². The lowest BCUT2D eigenvalue weighted by Gasteiger charge is -2.40. The molecule has 1 aliphatic heterocycles. The molecule has 26 heavy (non-hydrogen) atoms. The van der Waals surface area contributed by atoms with Gasteiger partial charge >= 0.3 is 0 Å². The van der Waals surface area contributed by atoms with E-state index in [1.54, 1.807) is 0 Å². The van der Waals surface area contributed by atoms with Crippen molar-refractivity contribution in [3.63, 3.8) is 0 Å². The summed E-state index contributed by atoms with van der Waals surface area (Å²) in [6.45, 7) is 8.12. The molecule has 0 radical (unpaired) electrons. The van der Waals surface area contributed by atoms with E-state index in [1.165, 1.54) is 0 Å². The van der Waals surface area contributed by atoms with Gasteiger partial charge in [-0.25, -0.2) is 10.9 Å². The van der Waals surface area contributed by atoms with Gasteiger partial charge in [0.25, 0.3) is 0 Å². The summed E-state index contributed by atoms with van der Waals surface area (Å²) >= 11 is 0. The molecule has 0 N–H and O–H groups in total. The Morgan fingerprint density at radius 3 is 2.12 bits per heavy atom. The van der Waals surface area contributed by atoms with E-state index in [9.17, 15) is 4.79 Å². The Bertz CT molecular complexity index is 713. The van der Waals surface area contributed by atoms with Crippen LogP contribution in [0.5, 0.6) is 11.5 Å². The van der Waals surface area contributed by atoms with Crippen LogP contribution in [0.25, 0.3) is 0 Å².